The number of halogens is 1. The smallest absolute Gasteiger partial charge is 0.255 e. The highest BCUT2D eigenvalue weighted by Gasteiger charge is 2.27. The Morgan fingerprint density at radius 3 is 2.77 bits per heavy atom. The number of carbonyl (C=O) groups is 1. The molecule has 5 heteroatoms. The molecule has 2 unspecified atom stereocenters. The Labute approximate surface area is 166 Å². The molecule has 0 saturated carbocycles. The Bertz CT molecular complexity index is 961. The first kappa shape index (κ1) is 17.5. The number of rotatable bonds is 3. The molecule has 0 aliphatic heterocycles. The van der Waals surface area contributed by atoms with Crippen LogP contribution in [0.25, 0.3) is 10.9 Å². The van der Waals surface area contributed by atoms with Crippen molar-refractivity contribution in [2.24, 2.45) is 11.7 Å². The molecule has 1 amide bonds. The summed E-state index contributed by atoms with van der Waals surface area (Å²) in [4.78, 5) is 16.0. The molecule has 1 heterocycles. The molecule has 1 aromatic heterocycles. The van der Waals surface area contributed by atoms with Gasteiger partial charge in [-0.25, -0.2) is 0 Å². The highest BCUT2D eigenvalue weighted by Crippen LogP contribution is 2.38. The van der Waals surface area contributed by atoms with Crippen LogP contribution >= 0.6 is 22.6 Å². The van der Waals surface area contributed by atoms with Gasteiger partial charge < -0.3 is 16.0 Å². The van der Waals surface area contributed by atoms with Gasteiger partial charge in [0.25, 0.3) is 5.91 Å². The van der Waals surface area contributed by atoms with Gasteiger partial charge in [0.2, 0.25) is 0 Å². The van der Waals surface area contributed by atoms with Gasteiger partial charge in [0.1, 0.15) is 0 Å². The fourth-order valence-electron chi connectivity index (χ4n) is 3.85. The SMILES string of the molecule is CCC1Cc2c([nH]c3ccc(NC(=O)c4ccc(I)cc4)cc23)C(N)C1. The van der Waals surface area contributed by atoms with E-state index in [0.29, 0.717) is 11.5 Å². The number of anilines is 1. The van der Waals surface area contributed by atoms with Crippen LogP contribution < -0.4 is 11.1 Å². The molecule has 1 aliphatic rings. The maximum Gasteiger partial charge on any atom is 0.255 e. The molecular formula is C21H22IN3O. The van der Waals surface area contributed by atoms with Crippen molar-refractivity contribution in [1.29, 1.82) is 0 Å². The Morgan fingerprint density at radius 2 is 2.04 bits per heavy atom. The quantitative estimate of drug-likeness (QED) is 0.483. The van der Waals surface area contributed by atoms with Gasteiger partial charge >= 0.3 is 0 Å². The minimum atomic E-state index is -0.0895. The lowest BCUT2D eigenvalue weighted by Gasteiger charge is -2.26. The fourth-order valence-corrected chi connectivity index (χ4v) is 4.21. The van der Waals surface area contributed by atoms with Gasteiger partial charge in [0.15, 0.2) is 0 Å². The summed E-state index contributed by atoms with van der Waals surface area (Å²) in [5.41, 5.74) is 11.4. The van der Waals surface area contributed by atoms with Gasteiger partial charge in [-0.2, -0.15) is 0 Å². The molecule has 0 saturated heterocycles. The zero-order chi connectivity index (χ0) is 18.3. The summed E-state index contributed by atoms with van der Waals surface area (Å²) in [6, 6.07) is 13.7. The first-order valence-corrected chi connectivity index (χ1v) is 10.1. The summed E-state index contributed by atoms with van der Waals surface area (Å²) in [6.07, 6.45) is 3.23. The number of aromatic nitrogens is 1. The van der Waals surface area contributed by atoms with E-state index < -0.39 is 0 Å². The van der Waals surface area contributed by atoms with Gasteiger partial charge in [-0.05, 0) is 89.4 Å². The number of nitrogens with one attached hydrogen (secondary N) is 2. The lowest BCUT2D eigenvalue weighted by molar-refractivity contribution is 0.102. The number of benzene rings is 2. The highest BCUT2D eigenvalue weighted by atomic mass is 127. The van der Waals surface area contributed by atoms with Crippen molar-refractivity contribution in [1.82, 2.24) is 4.98 Å². The molecule has 4 nitrogen and oxygen atoms in total. The van der Waals surface area contributed by atoms with E-state index >= 15 is 0 Å². The third-order valence-electron chi connectivity index (χ3n) is 5.33. The third kappa shape index (κ3) is 3.25. The molecule has 2 aromatic carbocycles. The van der Waals surface area contributed by atoms with Crippen molar-refractivity contribution in [2.45, 2.75) is 32.2 Å². The van der Waals surface area contributed by atoms with Gasteiger partial charge in [0, 0.05) is 37.5 Å². The number of carbonyl (C=O) groups excluding carboxylic acids is 1. The predicted molar refractivity (Wildman–Crippen MR) is 114 cm³/mol. The second kappa shape index (κ2) is 7.04. The summed E-state index contributed by atoms with van der Waals surface area (Å²) in [6.45, 7) is 2.23. The van der Waals surface area contributed by atoms with Gasteiger partial charge in [-0.1, -0.05) is 13.3 Å². The van der Waals surface area contributed by atoms with Crippen molar-refractivity contribution >= 4 is 45.1 Å². The molecule has 4 rings (SSSR count). The number of H-pyrrole nitrogens is 1. The predicted octanol–water partition coefficient (Wildman–Crippen LogP) is 5.00. The first-order chi connectivity index (χ1) is 12.5. The van der Waals surface area contributed by atoms with Crippen molar-refractivity contribution in [2.75, 3.05) is 5.32 Å². The molecule has 2 atom stereocenters. The van der Waals surface area contributed by atoms with Crippen LogP contribution in [0.3, 0.4) is 0 Å². The van der Waals surface area contributed by atoms with E-state index in [1.54, 1.807) is 0 Å². The molecule has 134 valence electrons. The van der Waals surface area contributed by atoms with E-state index in [1.165, 1.54) is 10.9 Å². The minimum Gasteiger partial charge on any atom is -0.357 e. The molecule has 0 radical (unpaired) electrons. The third-order valence-corrected chi connectivity index (χ3v) is 6.05. The molecule has 4 N–H and O–H groups in total. The Kier molecular flexibility index (Phi) is 4.75. The summed E-state index contributed by atoms with van der Waals surface area (Å²) in [5.74, 6) is 0.537. The van der Waals surface area contributed by atoms with E-state index in [1.807, 2.05) is 36.4 Å². The van der Waals surface area contributed by atoms with Crippen molar-refractivity contribution in [3.05, 3.63) is 62.9 Å². The van der Waals surface area contributed by atoms with Crippen molar-refractivity contribution in [3.8, 4) is 0 Å². The maximum absolute atomic E-state index is 12.5. The fraction of sp³-hybridized carbons (Fsp3) is 0.286. The van der Waals surface area contributed by atoms with Crippen LogP contribution in [0.1, 0.15) is 47.4 Å². The summed E-state index contributed by atoms with van der Waals surface area (Å²) in [7, 11) is 0. The first-order valence-electron chi connectivity index (χ1n) is 9.02. The number of hydrogen-bond donors (Lipinski definition) is 3. The second-order valence-electron chi connectivity index (χ2n) is 7.06. The zero-order valence-corrected chi connectivity index (χ0v) is 16.8. The average Bonchev–Trinajstić information content (AvgIpc) is 3.01. The monoisotopic (exact) mass is 459 g/mol. The van der Waals surface area contributed by atoms with E-state index in [9.17, 15) is 4.79 Å². The highest BCUT2D eigenvalue weighted by molar-refractivity contribution is 14.1. The molecule has 1 aliphatic carbocycles. The molecule has 0 fully saturated rings. The Balaban J connectivity index is 1.65. The average molecular weight is 459 g/mol. The standard InChI is InChI=1S/C21H22IN3O/c1-2-12-9-17-16-11-15(7-8-19(16)25-20(17)18(23)10-12)24-21(26)13-3-5-14(22)6-4-13/h3-8,11-12,18,25H,2,9-10,23H2,1H3,(H,24,26). The number of amides is 1. The van der Waals surface area contributed by atoms with Crippen molar-refractivity contribution in [3.63, 3.8) is 0 Å². The molecule has 0 bridgehead atoms. The van der Waals surface area contributed by atoms with Crippen LogP contribution in [0.5, 0.6) is 0 Å². The maximum atomic E-state index is 12.5. The van der Waals surface area contributed by atoms with Gasteiger partial charge in [-0.3, -0.25) is 4.79 Å². The number of fused-ring (bicyclic) bond motifs is 3. The lowest BCUT2D eigenvalue weighted by atomic mass is 9.82. The lowest BCUT2D eigenvalue weighted by Crippen LogP contribution is -2.23. The Hall–Kier alpha value is -1.86. The van der Waals surface area contributed by atoms with Crippen LogP contribution in [0.15, 0.2) is 42.5 Å². The van der Waals surface area contributed by atoms with Crippen LogP contribution in [0, 0.1) is 9.49 Å². The number of aromatic amines is 1. The number of hydrogen-bond acceptors (Lipinski definition) is 2. The van der Waals surface area contributed by atoms with E-state index in [0.717, 1.165) is 39.7 Å². The van der Waals surface area contributed by atoms with Crippen LogP contribution in [0.2, 0.25) is 0 Å². The zero-order valence-electron chi connectivity index (χ0n) is 14.7. The molecule has 26 heavy (non-hydrogen) atoms. The minimum absolute atomic E-state index is 0.0703. The van der Waals surface area contributed by atoms with Crippen LogP contribution in [-0.4, -0.2) is 10.9 Å². The molecular weight excluding hydrogens is 437 g/mol. The molecule has 0 spiro atoms. The summed E-state index contributed by atoms with van der Waals surface area (Å²) >= 11 is 2.23. The normalized spacial score (nSPS) is 19.3. The van der Waals surface area contributed by atoms with Gasteiger partial charge in [-0.15, -0.1) is 0 Å². The summed E-state index contributed by atoms with van der Waals surface area (Å²) < 4.78 is 1.11. The Morgan fingerprint density at radius 1 is 1.27 bits per heavy atom. The topological polar surface area (TPSA) is 70.9 Å². The molecule has 3 aromatic rings. The van der Waals surface area contributed by atoms with E-state index in [-0.39, 0.29) is 11.9 Å². The van der Waals surface area contributed by atoms with Crippen molar-refractivity contribution < 1.29 is 4.79 Å². The number of nitrogens with two attached hydrogens (primary N) is 1. The van der Waals surface area contributed by atoms with Gasteiger partial charge in [0.05, 0.1) is 0 Å². The van der Waals surface area contributed by atoms with Crippen LogP contribution in [0.4, 0.5) is 5.69 Å². The second-order valence-corrected chi connectivity index (χ2v) is 8.30. The van der Waals surface area contributed by atoms with E-state index in [2.05, 4.69) is 45.9 Å². The van der Waals surface area contributed by atoms with E-state index in [4.69, 9.17) is 5.73 Å². The van der Waals surface area contributed by atoms with Crippen LogP contribution in [-0.2, 0) is 6.42 Å². The largest absolute Gasteiger partial charge is 0.357 e. The summed E-state index contributed by atoms with van der Waals surface area (Å²) in [5, 5.41) is 4.19.